The molecule has 4 heteroatoms. The van der Waals surface area contributed by atoms with Crippen LogP contribution in [-0.2, 0) is 0 Å². The second kappa shape index (κ2) is 5.15. The van der Waals surface area contributed by atoms with E-state index >= 15 is 0 Å². The van der Waals surface area contributed by atoms with Crippen molar-refractivity contribution in [1.29, 1.82) is 0 Å². The number of anilines is 1. The number of hydrogen-bond donors (Lipinski definition) is 2. The maximum atomic E-state index is 5.63. The Morgan fingerprint density at radius 1 is 1.22 bits per heavy atom. The highest BCUT2D eigenvalue weighted by atomic mass is 16.5. The molecule has 120 valence electrons. The maximum absolute atomic E-state index is 5.63. The van der Waals surface area contributed by atoms with Gasteiger partial charge in [-0.3, -0.25) is 5.10 Å². The lowest BCUT2D eigenvalue weighted by Crippen LogP contribution is -2.38. The molecule has 2 heterocycles. The minimum absolute atomic E-state index is 0.210. The summed E-state index contributed by atoms with van der Waals surface area (Å²) in [5, 5.41) is 11.0. The molecule has 0 saturated heterocycles. The zero-order chi connectivity index (χ0) is 16.0. The van der Waals surface area contributed by atoms with Gasteiger partial charge in [0.05, 0.1) is 19.3 Å². The van der Waals surface area contributed by atoms with E-state index in [1.165, 1.54) is 16.7 Å². The minimum Gasteiger partial charge on any atom is -0.496 e. The molecule has 1 aromatic heterocycles. The van der Waals surface area contributed by atoms with Crippen molar-refractivity contribution in [3.63, 3.8) is 0 Å². The summed E-state index contributed by atoms with van der Waals surface area (Å²) >= 11 is 0. The van der Waals surface area contributed by atoms with Gasteiger partial charge in [0.25, 0.3) is 0 Å². The molecule has 1 aromatic carbocycles. The van der Waals surface area contributed by atoms with Crippen molar-refractivity contribution in [2.24, 2.45) is 5.41 Å². The highest BCUT2D eigenvalue weighted by Crippen LogP contribution is 2.49. The molecule has 0 radical (unpaired) electrons. The van der Waals surface area contributed by atoms with Gasteiger partial charge in [-0.05, 0) is 29.9 Å². The molecule has 0 spiro atoms. The van der Waals surface area contributed by atoms with E-state index in [0.29, 0.717) is 11.5 Å². The third-order valence-electron chi connectivity index (χ3n) is 5.13. The number of benzene rings is 1. The topological polar surface area (TPSA) is 49.9 Å². The Labute approximate surface area is 136 Å². The summed E-state index contributed by atoms with van der Waals surface area (Å²) in [5.74, 6) is 2.19. The molecule has 2 N–H and O–H groups in total. The van der Waals surface area contributed by atoms with Crippen LogP contribution >= 0.6 is 0 Å². The number of ether oxygens (including phenoxy) is 1. The monoisotopic (exact) mass is 309 g/mol. The number of rotatable bonds is 2. The molecule has 0 amide bonds. The second-order valence-corrected chi connectivity index (χ2v) is 7.35. The summed E-state index contributed by atoms with van der Waals surface area (Å²) in [4.78, 5) is 0. The first-order valence-corrected chi connectivity index (χ1v) is 8.22. The van der Waals surface area contributed by atoms with Crippen LogP contribution in [0.5, 0.6) is 5.75 Å². The summed E-state index contributed by atoms with van der Waals surface area (Å²) in [6, 6.07) is 8.67. The van der Waals surface area contributed by atoms with E-state index in [-0.39, 0.29) is 5.92 Å². The molecule has 2 unspecified atom stereocenters. The van der Waals surface area contributed by atoms with Gasteiger partial charge in [0.1, 0.15) is 11.6 Å². The lowest BCUT2D eigenvalue weighted by atomic mass is 9.69. The molecule has 2 aliphatic rings. The zero-order valence-electron chi connectivity index (χ0n) is 13.9. The van der Waals surface area contributed by atoms with Crippen LogP contribution in [0.2, 0.25) is 0 Å². The van der Waals surface area contributed by atoms with Crippen molar-refractivity contribution >= 4 is 5.82 Å². The molecule has 1 aliphatic heterocycles. The number of H-pyrrole nitrogens is 1. The molecular formula is C19H23N3O. The van der Waals surface area contributed by atoms with E-state index < -0.39 is 0 Å². The maximum Gasteiger partial charge on any atom is 0.126 e. The Morgan fingerprint density at radius 3 is 2.87 bits per heavy atom. The molecule has 0 fully saturated rings. The van der Waals surface area contributed by atoms with E-state index in [4.69, 9.17) is 4.74 Å². The molecule has 0 bridgehead atoms. The Bertz CT molecular complexity index is 759. The first kappa shape index (κ1) is 14.4. The van der Waals surface area contributed by atoms with E-state index in [9.17, 15) is 0 Å². The first-order chi connectivity index (χ1) is 11.1. The van der Waals surface area contributed by atoms with Crippen LogP contribution in [0.25, 0.3) is 0 Å². The van der Waals surface area contributed by atoms with Gasteiger partial charge >= 0.3 is 0 Å². The highest BCUT2D eigenvalue weighted by molar-refractivity contribution is 5.62. The standard InChI is InChI=1S/C19H23N3O/c1-19(2)9-8-12-15(10-19)21-18-14(11-20-22-18)17(12)13-6-4-5-7-16(13)23-3/h4-8,11,15,17H,9-10H2,1-3H3,(H2,20,21,22). The quantitative estimate of drug-likeness (QED) is 0.821. The fourth-order valence-electron chi connectivity index (χ4n) is 3.98. The lowest BCUT2D eigenvalue weighted by Gasteiger charge is -2.42. The van der Waals surface area contributed by atoms with Crippen molar-refractivity contribution in [1.82, 2.24) is 10.2 Å². The van der Waals surface area contributed by atoms with E-state index in [2.05, 4.69) is 47.6 Å². The minimum atomic E-state index is 0.210. The van der Waals surface area contributed by atoms with Crippen molar-refractivity contribution in [2.75, 3.05) is 12.4 Å². The number of fused-ring (bicyclic) bond motifs is 2. The number of nitrogens with zero attached hydrogens (tertiary/aromatic N) is 1. The van der Waals surface area contributed by atoms with Crippen LogP contribution in [0.1, 0.15) is 43.7 Å². The average Bonchev–Trinajstić information content (AvgIpc) is 2.99. The normalized spacial score (nSPS) is 24.9. The van der Waals surface area contributed by atoms with E-state index in [0.717, 1.165) is 24.4 Å². The first-order valence-electron chi connectivity index (χ1n) is 8.22. The molecule has 4 rings (SSSR count). The predicted octanol–water partition coefficient (Wildman–Crippen LogP) is 4.09. The Kier molecular flexibility index (Phi) is 3.22. The van der Waals surface area contributed by atoms with Crippen LogP contribution in [0, 0.1) is 5.41 Å². The van der Waals surface area contributed by atoms with Gasteiger partial charge in [0.15, 0.2) is 0 Å². The van der Waals surface area contributed by atoms with Gasteiger partial charge in [0, 0.05) is 17.0 Å². The number of aromatic amines is 1. The average molecular weight is 309 g/mol. The Balaban J connectivity index is 1.88. The molecule has 0 saturated carbocycles. The molecule has 23 heavy (non-hydrogen) atoms. The van der Waals surface area contributed by atoms with Crippen molar-refractivity contribution in [2.45, 2.75) is 38.6 Å². The molecule has 4 nitrogen and oxygen atoms in total. The van der Waals surface area contributed by atoms with Gasteiger partial charge < -0.3 is 10.1 Å². The molecule has 2 atom stereocenters. The largest absolute Gasteiger partial charge is 0.496 e. The molecular weight excluding hydrogens is 286 g/mol. The van der Waals surface area contributed by atoms with Gasteiger partial charge in [-0.15, -0.1) is 0 Å². The zero-order valence-corrected chi connectivity index (χ0v) is 13.9. The number of hydrogen-bond acceptors (Lipinski definition) is 3. The van der Waals surface area contributed by atoms with Gasteiger partial charge in [0.2, 0.25) is 0 Å². The predicted molar refractivity (Wildman–Crippen MR) is 91.9 cm³/mol. The Hall–Kier alpha value is -2.23. The number of aromatic nitrogens is 2. The van der Waals surface area contributed by atoms with Gasteiger partial charge in [-0.25, -0.2) is 0 Å². The van der Waals surface area contributed by atoms with Gasteiger partial charge in [-0.2, -0.15) is 5.10 Å². The number of methoxy groups -OCH3 is 1. The fourth-order valence-corrected chi connectivity index (χ4v) is 3.98. The van der Waals surface area contributed by atoms with E-state index in [1.807, 2.05) is 18.3 Å². The SMILES string of the molecule is COc1ccccc1C1C2=CCC(C)(C)CC2Nc2[nH]ncc21. The van der Waals surface area contributed by atoms with Crippen LogP contribution in [-0.4, -0.2) is 23.3 Å². The molecule has 2 aromatic rings. The summed E-state index contributed by atoms with van der Waals surface area (Å²) in [6.45, 7) is 4.67. The number of nitrogens with one attached hydrogen (secondary N) is 2. The summed E-state index contributed by atoms with van der Waals surface area (Å²) in [6.07, 6.45) is 6.60. The summed E-state index contributed by atoms with van der Waals surface area (Å²) < 4.78 is 5.63. The van der Waals surface area contributed by atoms with Crippen molar-refractivity contribution in [3.8, 4) is 5.75 Å². The molecule has 1 aliphatic carbocycles. The van der Waals surface area contributed by atoms with Crippen LogP contribution in [0.3, 0.4) is 0 Å². The third-order valence-corrected chi connectivity index (χ3v) is 5.13. The van der Waals surface area contributed by atoms with Gasteiger partial charge in [-0.1, -0.05) is 38.1 Å². The number of para-hydroxylation sites is 1. The number of allylic oxidation sites excluding steroid dienone is 1. The third kappa shape index (κ3) is 2.33. The van der Waals surface area contributed by atoms with Crippen molar-refractivity contribution in [3.05, 3.63) is 53.2 Å². The van der Waals surface area contributed by atoms with Crippen molar-refractivity contribution < 1.29 is 4.74 Å². The Morgan fingerprint density at radius 2 is 2.04 bits per heavy atom. The van der Waals surface area contributed by atoms with Crippen LogP contribution in [0.15, 0.2) is 42.1 Å². The van der Waals surface area contributed by atoms with E-state index in [1.54, 1.807) is 7.11 Å². The second-order valence-electron chi connectivity index (χ2n) is 7.35. The van der Waals surface area contributed by atoms with Crippen LogP contribution < -0.4 is 10.1 Å². The lowest BCUT2D eigenvalue weighted by molar-refractivity contribution is 0.305. The summed E-state index contributed by atoms with van der Waals surface area (Å²) in [7, 11) is 1.74. The highest BCUT2D eigenvalue weighted by Gasteiger charge is 2.39. The smallest absolute Gasteiger partial charge is 0.126 e. The van der Waals surface area contributed by atoms with Crippen LogP contribution in [0.4, 0.5) is 5.82 Å². The fraction of sp³-hybridized carbons (Fsp3) is 0.421. The summed E-state index contributed by atoms with van der Waals surface area (Å²) in [5.41, 5.74) is 4.19.